The Bertz CT molecular complexity index is 1540. The van der Waals surface area contributed by atoms with Gasteiger partial charge in [0.2, 0.25) is 5.91 Å². The van der Waals surface area contributed by atoms with Gasteiger partial charge in [-0.2, -0.15) is 0 Å². The quantitative estimate of drug-likeness (QED) is 0.344. The average molecular weight is 461 g/mol. The van der Waals surface area contributed by atoms with Crippen molar-refractivity contribution in [1.82, 2.24) is 19.4 Å². The van der Waals surface area contributed by atoms with Gasteiger partial charge in [0, 0.05) is 42.8 Å². The normalized spacial score (nSPS) is 18.1. The molecule has 3 aromatic carbocycles. The van der Waals surface area contributed by atoms with Gasteiger partial charge in [0.15, 0.2) is 0 Å². The molecule has 0 spiro atoms. The molecule has 1 saturated carbocycles. The zero-order chi connectivity index (χ0) is 23.4. The molecule has 1 N–H and O–H groups in total. The Balaban J connectivity index is 1.19. The van der Waals surface area contributed by atoms with Gasteiger partial charge in [0.05, 0.1) is 11.0 Å². The smallest absolute Gasteiger partial charge is 0.225 e. The van der Waals surface area contributed by atoms with Crippen molar-refractivity contribution in [1.29, 1.82) is 0 Å². The summed E-state index contributed by atoms with van der Waals surface area (Å²) in [4.78, 5) is 23.0. The van der Waals surface area contributed by atoms with Gasteiger partial charge < -0.3 is 14.5 Å². The Labute approximate surface area is 204 Å². The van der Waals surface area contributed by atoms with Crippen molar-refractivity contribution in [2.24, 2.45) is 11.8 Å². The maximum Gasteiger partial charge on any atom is 0.225 e. The number of aromatic amines is 1. The van der Waals surface area contributed by atoms with E-state index in [1.807, 2.05) is 6.20 Å². The van der Waals surface area contributed by atoms with Crippen molar-refractivity contribution in [2.45, 2.75) is 25.8 Å². The highest BCUT2D eigenvalue weighted by molar-refractivity contribution is 5.86. The number of hydrogen-bond donors (Lipinski definition) is 1. The van der Waals surface area contributed by atoms with Crippen LogP contribution in [0.5, 0.6) is 0 Å². The first kappa shape index (κ1) is 20.5. The summed E-state index contributed by atoms with van der Waals surface area (Å²) in [5.41, 5.74) is 6.85. The first-order chi connectivity index (χ1) is 17.2. The van der Waals surface area contributed by atoms with Crippen LogP contribution in [-0.4, -0.2) is 38.4 Å². The summed E-state index contributed by atoms with van der Waals surface area (Å²) in [5.74, 6) is 2.14. The molecule has 35 heavy (non-hydrogen) atoms. The van der Waals surface area contributed by atoms with Gasteiger partial charge in [0.25, 0.3) is 0 Å². The van der Waals surface area contributed by atoms with Gasteiger partial charge in [-0.3, -0.25) is 4.79 Å². The number of hydrogen-bond acceptors (Lipinski definition) is 2. The molecule has 5 heteroatoms. The van der Waals surface area contributed by atoms with Crippen molar-refractivity contribution in [2.75, 3.05) is 13.1 Å². The minimum Gasteiger partial charge on any atom is -0.361 e. The molecule has 1 saturated heterocycles. The number of likely N-dealkylation sites (tertiary alicyclic amines) is 1. The fourth-order valence-corrected chi connectivity index (χ4v) is 5.55. The molecule has 0 radical (unpaired) electrons. The van der Waals surface area contributed by atoms with Gasteiger partial charge in [-0.05, 0) is 66.0 Å². The van der Waals surface area contributed by atoms with Crippen LogP contribution in [0.2, 0.25) is 0 Å². The fraction of sp³-hybridized carbons (Fsp3) is 0.267. The van der Waals surface area contributed by atoms with Crippen LogP contribution in [-0.2, 0) is 11.3 Å². The number of nitrogens with one attached hydrogen (secondary N) is 1. The molecule has 5 nitrogen and oxygen atoms in total. The highest BCUT2D eigenvalue weighted by Crippen LogP contribution is 2.34. The molecule has 2 fully saturated rings. The lowest BCUT2D eigenvalue weighted by atomic mass is 10.0. The Morgan fingerprint density at radius 1 is 0.914 bits per heavy atom. The molecule has 5 aromatic rings. The zero-order valence-electron chi connectivity index (χ0n) is 19.7. The number of benzene rings is 3. The van der Waals surface area contributed by atoms with Crippen molar-refractivity contribution in [3.8, 4) is 22.5 Å². The number of carbonyl (C=O) groups excluding carboxylic acids is 1. The first-order valence-corrected chi connectivity index (χ1v) is 12.6. The topological polar surface area (TPSA) is 53.9 Å². The SMILES string of the molecule is O=C(C1CC1)N1CCC(Cn2c(-c3ccc(-c4ccc5cc[nH]c5c4)cc3)nc3ccccc32)C1. The molecular weight excluding hydrogens is 432 g/mol. The monoisotopic (exact) mass is 460 g/mol. The molecule has 2 aromatic heterocycles. The van der Waals surface area contributed by atoms with E-state index in [9.17, 15) is 4.79 Å². The number of H-pyrrole nitrogens is 1. The third kappa shape index (κ3) is 3.72. The number of carbonyl (C=O) groups is 1. The second-order valence-electron chi connectivity index (χ2n) is 10.1. The summed E-state index contributed by atoms with van der Waals surface area (Å²) in [6.45, 7) is 2.64. The molecule has 1 aliphatic heterocycles. The Morgan fingerprint density at radius 3 is 2.57 bits per heavy atom. The average Bonchev–Trinajstić information content (AvgIpc) is 3.30. The lowest BCUT2D eigenvalue weighted by Crippen LogP contribution is -2.30. The predicted octanol–water partition coefficient (Wildman–Crippen LogP) is 6.11. The lowest BCUT2D eigenvalue weighted by molar-refractivity contribution is -0.131. The number of fused-ring (bicyclic) bond motifs is 2. The van der Waals surface area contributed by atoms with Crippen LogP contribution in [0.3, 0.4) is 0 Å². The van der Waals surface area contributed by atoms with Gasteiger partial charge in [-0.25, -0.2) is 4.98 Å². The van der Waals surface area contributed by atoms with E-state index in [2.05, 4.69) is 87.2 Å². The molecule has 0 bridgehead atoms. The minimum atomic E-state index is 0.301. The van der Waals surface area contributed by atoms with Crippen molar-refractivity contribution < 1.29 is 4.79 Å². The van der Waals surface area contributed by atoms with Crippen molar-refractivity contribution >= 4 is 27.8 Å². The van der Waals surface area contributed by atoms with Crippen LogP contribution in [0.15, 0.2) is 79.0 Å². The van der Waals surface area contributed by atoms with Crippen LogP contribution in [0.4, 0.5) is 0 Å². The van der Waals surface area contributed by atoms with Crippen LogP contribution in [0.1, 0.15) is 19.3 Å². The molecular formula is C30H28N4O. The molecule has 7 rings (SSSR count). The summed E-state index contributed by atoms with van der Waals surface area (Å²) < 4.78 is 2.37. The second-order valence-corrected chi connectivity index (χ2v) is 10.1. The standard InChI is InChI=1S/C30H28N4O/c35-30(24-10-11-24)33-16-14-20(18-33)19-34-28-4-2-1-3-26(28)32-29(34)23-8-5-21(6-9-23)25-12-7-22-13-15-31-27(22)17-25/h1-9,12-13,15,17,20,24,31H,10-11,14,16,18-19H2. The number of amides is 1. The maximum atomic E-state index is 12.6. The Hall–Kier alpha value is -3.86. The summed E-state index contributed by atoms with van der Waals surface area (Å²) >= 11 is 0. The maximum absolute atomic E-state index is 12.6. The summed E-state index contributed by atoms with van der Waals surface area (Å²) in [5, 5.41) is 1.23. The first-order valence-electron chi connectivity index (χ1n) is 12.6. The van der Waals surface area contributed by atoms with E-state index in [0.717, 1.165) is 66.8 Å². The lowest BCUT2D eigenvalue weighted by Gasteiger charge is -2.18. The van der Waals surface area contributed by atoms with Crippen molar-refractivity contribution in [3.05, 3.63) is 79.0 Å². The third-order valence-electron chi connectivity index (χ3n) is 7.65. The Morgan fingerprint density at radius 2 is 1.71 bits per heavy atom. The number of aromatic nitrogens is 3. The van der Waals surface area contributed by atoms with Crippen LogP contribution >= 0.6 is 0 Å². The van der Waals surface area contributed by atoms with E-state index in [1.165, 1.54) is 16.5 Å². The van der Waals surface area contributed by atoms with Crippen LogP contribution < -0.4 is 0 Å². The molecule has 2 aliphatic rings. The Kier molecular flexibility index (Phi) is 4.76. The van der Waals surface area contributed by atoms with E-state index < -0.39 is 0 Å². The fourth-order valence-electron chi connectivity index (χ4n) is 5.55. The number of imidazole rings is 1. The van der Waals surface area contributed by atoms with Crippen molar-refractivity contribution in [3.63, 3.8) is 0 Å². The summed E-state index contributed by atoms with van der Waals surface area (Å²) in [7, 11) is 0. The zero-order valence-corrected chi connectivity index (χ0v) is 19.7. The van der Waals surface area contributed by atoms with Gasteiger partial charge in [-0.15, -0.1) is 0 Å². The summed E-state index contributed by atoms with van der Waals surface area (Å²) in [6, 6.07) is 25.8. The number of para-hydroxylation sites is 2. The van der Waals surface area contributed by atoms with Gasteiger partial charge >= 0.3 is 0 Å². The van der Waals surface area contributed by atoms with E-state index >= 15 is 0 Å². The van der Waals surface area contributed by atoms with E-state index in [4.69, 9.17) is 4.98 Å². The van der Waals surface area contributed by atoms with E-state index in [1.54, 1.807) is 0 Å². The van der Waals surface area contributed by atoms with Crippen LogP contribution in [0.25, 0.3) is 44.5 Å². The van der Waals surface area contributed by atoms with E-state index in [0.29, 0.717) is 17.7 Å². The number of nitrogens with zero attached hydrogens (tertiary/aromatic N) is 3. The molecule has 174 valence electrons. The second kappa shape index (κ2) is 8.12. The minimum absolute atomic E-state index is 0.301. The van der Waals surface area contributed by atoms with Gasteiger partial charge in [-0.1, -0.05) is 48.5 Å². The van der Waals surface area contributed by atoms with Crippen LogP contribution in [0, 0.1) is 11.8 Å². The molecule has 1 atom stereocenters. The molecule has 1 unspecified atom stereocenters. The molecule has 1 aliphatic carbocycles. The highest BCUT2D eigenvalue weighted by Gasteiger charge is 2.36. The summed E-state index contributed by atoms with van der Waals surface area (Å²) in [6.07, 6.45) is 5.19. The third-order valence-corrected chi connectivity index (χ3v) is 7.65. The van der Waals surface area contributed by atoms with E-state index in [-0.39, 0.29) is 0 Å². The molecule has 3 heterocycles. The predicted molar refractivity (Wildman–Crippen MR) is 140 cm³/mol. The number of rotatable bonds is 5. The largest absolute Gasteiger partial charge is 0.361 e. The molecule has 1 amide bonds. The van der Waals surface area contributed by atoms with Gasteiger partial charge in [0.1, 0.15) is 5.82 Å². The highest BCUT2D eigenvalue weighted by atomic mass is 16.2.